The van der Waals surface area contributed by atoms with Crippen molar-refractivity contribution in [2.24, 2.45) is 0 Å². The SMILES string of the molecule is CCCCOc1ccc(C2/C(=C(\O)c3ccc(OCc4ccccc4C)cc3)C(=O)C(=O)N2c2nnc(SCc3ccccc3F)s2)cc1OC. The molecule has 6 rings (SSSR count). The number of aromatic nitrogens is 2. The van der Waals surface area contributed by atoms with Gasteiger partial charge in [0.25, 0.3) is 5.78 Å². The normalized spacial score (nSPS) is 15.3. The second-order valence-corrected chi connectivity index (χ2v) is 13.9. The van der Waals surface area contributed by atoms with E-state index in [2.05, 4.69) is 17.1 Å². The van der Waals surface area contributed by atoms with Gasteiger partial charge in [-0.05, 0) is 78.1 Å². The average molecular weight is 726 g/mol. The number of rotatable bonds is 14. The third-order valence-electron chi connectivity index (χ3n) is 8.40. The number of thioether (sulfide) groups is 1. The summed E-state index contributed by atoms with van der Waals surface area (Å²) in [6, 6.07) is 25.1. The summed E-state index contributed by atoms with van der Waals surface area (Å²) in [6.45, 7) is 4.94. The summed E-state index contributed by atoms with van der Waals surface area (Å²) >= 11 is 2.36. The predicted octanol–water partition coefficient (Wildman–Crippen LogP) is 8.67. The quantitative estimate of drug-likeness (QED) is 0.0300. The van der Waals surface area contributed by atoms with E-state index in [1.807, 2.05) is 31.2 Å². The number of aryl methyl sites for hydroxylation is 1. The van der Waals surface area contributed by atoms with Gasteiger partial charge in [0.05, 0.1) is 25.3 Å². The van der Waals surface area contributed by atoms with Gasteiger partial charge in [0.1, 0.15) is 23.9 Å². The van der Waals surface area contributed by atoms with Crippen LogP contribution in [0, 0.1) is 12.7 Å². The minimum Gasteiger partial charge on any atom is -0.507 e. The van der Waals surface area contributed by atoms with Crippen LogP contribution < -0.4 is 19.1 Å². The van der Waals surface area contributed by atoms with Gasteiger partial charge in [0, 0.05) is 11.3 Å². The van der Waals surface area contributed by atoms with E-state index in [-0.39, 0.29) is 22.3 Å². The lowest BCUT2D eigenvalue weighted by Gasteiger charge is -2.23. The van der Waals surface area contributed by atoms with E-state index in [9.17, 15) is 19.1 Å². The van der Waals surface area contributed by atoms with Gasteiger partial charge in [-0.25, -0.2) is 4.39 Å². The number of hydrogen-bond donors (Lipinski definition) is 1. The van der Waals surface area contributed by atoms with Gasteiger partial charge in [-0.3, -0.25) is 14.5 Å². The van der Waals surface area contributed by atoms with Crippen molar-refractivity contribution in [3.05, 3.63) is 130 Å². The summed E-state index contributed by atoms with van der Waals surface area (Å²) in [5, 5.41) is 20.4. The molecule has 1 aliphatic heterocycles. The number of unbranched alkanes of at least 4 members (excludes halogenated alkanes) is 1. The Kier molecular flexibility index (Phi) is 11.3. The van der Waals surface area contributed by atoms with Crippen LogP contribution >= 0.6 is 23.1 Å². The number of carbonyl (C=O) groups is 2. The number of amides is 1. The smallest absolute Gasteiger partial charge is 0.301 e. The molecule has 0 radical (unpaired) electrons. The van der Waals surface area contributed by atoms with Crippen molar-refractivity contribution in [3.63, 3.8) is 0 Å². The molecule has 262 valence electrons. The molecular formula is C39H36FN3O6S2. The first-order chi connectivity index (χ1) is 24.8. The number of Topliss-reactive ketones (excluding diaryl/α,β-unsaturated/α-hetero) is 1. The lowest BCUT2D eigenvalue weighted by atomic mass is 9.95. The second-order valence-electron chi connectivity index (χ2n) is 11.8. The zero-order valence-corrected chi connectivity index (χ0v) is 29.9. The number of halogens is 1. The molecule has 0 aliphatic carbocycles. The molecule has 1 atom stereocenters. The Bertz CT molecular complexity index is 2070. The molecule has 51 heavy (non-hydrogen) atoms. The van der Waals surface area contributed by atoms with Crippen LogP contribution in [0.15, 0.2) is 101 Å². The highest BCUT2D eigenvalue weighted by molar-refractivity contribution is 8.00. The van der Waals surface area contributed by atoms with E-state index < -0.39 is 17.7 Å². The average Bonchev–Trinajstić information content (AvgIpc) is 3.72. The number of nitrogens with zero attached hydrogens (tertiary/aromatic N) is 3. The van der Waals surface area contributed by atoms with Crippen molar-refractivity contribution < 1.29 is 33.3 Å². The summed E-state index contributed by atoms with van der Waals surface area (Å²) in [7, 11) is 1.51. The summed E-state index contributed by atoms with van der Waals surface area (Å²) in [5.41, 5.74) is 3.35. The van der Waals surface area contributed by atoms with Crippen LogP contribution in [0.2, 0.25) is 0 Å². The Morgan fingerprint density at radius 1 is 0.941 bits per heavy atom. The van der Waals surface area contributed by atoms with Crippen molar-refractivity contribution in [1.29, 1.82) is 0 Å². The molecule has 1 aromatic heterocycles. The number of carbonyl (C=O) groups excluding carboxylic acids is 2. The molecule has 12 heteroatoms. The van der Waals surface area contributed by atoms with E-state index in [1.165, 1.54) is 29.8 Å². The number of ether oxygens (including phenoxy) is 3. The van der Waals surface area contributed by atoms with Crippen LogP contribution in [0.4, 0.5) is 9.52 Å². The Labute approximate surface area is 303 Å². The third kappa shape index (κ3) is 7.92. The first-order valence-electron chi connectivity index (χ1n) is 16.4. The molecule has 5 aromatic rings. The molecule has 0 spiro atoms. The number of aliphatic hydroxyl groups excluding tert-OH is 1. The van der Waals surface area contributed by atoms with E-state index >= 15 is 0 Å². The highest BCUT2D eigenvalue weighted by atomic mass is 32.2. The highest BCUT2D eigenvalue weighted by Crippen LogP contribution is 2.46. The van der Waals surface area contributed by atoms with Gasteiger partial charge in [0.2, 0.25) is 5.13 Å². The molecule has 1 fully saturated rings. The van der Waals surface area contributed by atoms with Crippen LogP contribution in [-0.2, 0) is 21.9 Å². The van der Waals surface area contributed by atoms with Crippen LogP contribution in [0.5, 0.6) is 17.2 Å². The van der Waals surface area contributed by atoms with Crippen molar-refractivity contribution in [2.45, 2.75) is 49.4 Å². The minimum absolute atomic E-state index is 0.119. The Morgan fingerprint density at radius 3 is 2.41 bits per heavy atom. The first kappa shape index (κ1) is 35.6. The number of anilines is 1. The zero-order chi connectivity index (χ0) is 35.9. The van der Waals surface area contributed by atoms with E-state index in [1.54, 1.807) is 60.7 Å². The maximum atomic E-state index is 14.3. The Morgan fingerprint density at radius 2 is 1.69 bits per heavy atom. The van der Waals surface area contributed by atoms with Gasteiger partial charge < -0.3 is 19.3 Å². The summed E-state index contributed by atoms with van der Waals surface area (Å²) in [5.74, 6) is -0.651. The molecule has 9 nitrogen and oxygen atoms in total. The molecule has 1 saturated heterocycles. The second kappa shape index (κ2) is 16.2. The Balaban J connectivity index is 1.34. The zero-order valence-electron chi connectivity index (χ0n) is 28.3. The molecule has 1 aliphatic rings. The monoisotopic (exact) mass is 725 g/mol. The van der Waals surface area contributed by atoms with Crippen LogP contribution in [0.25, 0.3) is 5.76 Å². The number of ketones is 1. The van der Waals surface area contributed by atoms with Crippen LogP contribution in [0.1, 0.15) is 53.6 Å². The highest BCUT2D eigenvalue weighted by Gasteiger charge is 2.48. The fraction of sp³-hybridized carbons (Fsp3) is 0.231. The molecule has 0 saturated carbocycles. The first-order valence-corrected chi connectivity index (χ1v) is 18.2. The van der Waals surface area contributed by atoms with Gasteiger partial charge in [-0.15, -0.1) is 10.2 Å². The summed E-state index contributed by atoms with van der Waals surface area (Å²) in [6.07, 6.45) is 1.81. The van der Waals surface area contributed by atoms with Crippen molar-refractivity contribution >= 4 is 45.7 Å². The molecular weight excluding hydrogens is 690 g/mol. The predicted molar refractivity (Wildman–Crippen MR) is 196 cm³/mol. The molecule has 1 N–H and O–H groups in total. The molecule has 0 bridgehead atoms. The number of aliphatic hydroxyl groups is 1. The van der Waals surface area contributed by atoms with Crippen molar-refractivity contribution in [1.82, 2.24) is 10.2 Å². The van der Waals surface area contributed by atoms with Gasteiger partial charge >= 0.3 is 5.91 Å². The van der Waals surface area contributed by atoms with E-state index in [0.29, 0.717) is 57.2 Å². The maximum Gasteiger partial charge on any atom is 0.301 e. The molecule has 1 amide bonds. The summed E-state index contributed by atoms with van der Waals surface area (Å²) < 4.78 is 32.3. The molecule has 2 heterocycles. The lowest BCUT2D eigenvalue weighted by Crippen LogP contribution is -2.29. The lowest BCUT2D eigenvalue weighted by molar-refractivity contribution is -0.132. The molecule has 1 unspecified atom stereocenters. The van der Waals surface area contributed by atoms with Crippen molar-refractivity contribution in [2.75, 3.05) is 18.6 Å². The fourth-order valence-electron chi connectivity index (χ4n) is 5.56. The van der Waals surface area contributed by atoms with Gasteiger partial charge in [-0.1, -0.05) is 85.0 Å². The number of benzene rings is 4. The number of methoxy groups -OCH3 is 1. The largest absolute Gasteiger partial charge is 0.507 e. The standard InChI is InChI=1S/C39H36FN3O6S2/c1-4-5-20-48-31-19-16-26(21-32(31)47-3)34-33(35(44)25-14-17-29(18-15-25)49-22-27-11-7-6-10-24(27)2)36(45)37(46)43(34)38-41-42-39(51-38)50-23-28-12-8-9-13-30(28)40/h6-19,21,34,44H,4-5,20,22-23H2,1-3H3/b35-33+. The summed E-state index contributed by atoms with van der Waals surface area (Å²) in [4.78, 5) is 28.9. The van der Waals surface area contributed by atoms with E-state index in [0.717, 1.165) is 35.3 Å². The minimum atomic E-state index is -1.07. The molecule has 4 aromatic carbocycles. The fourth-order valence-corrected chi connectivity index (χ4v) is 7.41. The Hall–Kier alpha value is -5.20. The van der Waals surface area contributed by atoms with Crippen LogP contribution in [-0.4, -0.2) is 40.7 Å². The van der Waals surface area contributed by atoms with Gasteiger partial charge in [0.15, 0.2) is 15.8 Å². The van der Waals surface area contributed by atoms with E-state index in [4.69, 9.17) is 14.2 Å². The van der Waals surface area contributed by atoms with Crippen LogP contribution in [0.3, 0.4) is 0 Å². The van der Waals surface area contributed by atoms with Gasteiger partial charge in [-0.2, -0.15) is 0 Å². The maximum absolute atomic E-state index is 14.3. The topological polar surface area (TPSA) is 111 Å². The van der Waals surface area contributed by atoms with Crippen molar-refractivity contribution in [3.8, 4) is 17.2 Å². The number of hydrogen-bond acceptors (Lipinski definition) is 10. The third-order valence-corrected chi connectivity index (χ3v) is 10.5.